The second-order valence-electron chi connectivity index (χ2n) is 5.52. The maximum atomic E-state index is 11.9. The van der Waals surface area contributed by atoms with Crippen LogP contribution in [0.5, 0.6) is 0 Å². The number of carbonyl (C=O) groups is 3. The van der Waals surface area contributed by atoms with Crippen LogP contribution >= 0.6 is 0 Å². The van der Waals surface area contributed by atoms with Crippen molar-refractivity contribution < 1.29 is 19.1 Å². The van der Waals surface area contributed by atoms with E-state index in [1.54, 1.807) is 35.3 Å². The highest BCUT2D eigenvalue weighted by Crippen LogP contribution is 2.07. The highest BCUT2D eigenvalue weighted by molar-refractivity contribution is 5.97. The van der Waals surface area contributed by atoms with Gasteiger partial charge in [-0.25, -0.2) is 19.3 Å². The number of ether oxygens (including phenoxy) is 1. The molecular formula is C17H21N5O4. The Kier molecular flexibility index (Phi) is 7.29. The van der Waals surface area contributed by atoms with Gasteiger partial charge in [0.05, 0.1) is 12.1 Å². The molecule has 1 heterocycles. The number of hydrogen-bond donors (Lipinski definition) is 2. The van der Waals surface area contributed by atoms with Gasteiger partial charge in [-0.1, -0.05) is 25.5 Å². The normalized spacial score (nSPS) is 10.2. The molecule has 3 amide bonds. The van der Waals surface area contributed by atoms with Crippen LogP contribution in [-0.2, 0) is 16.1 Å². The number of urea groups is 1. The minimum atomic E-state index is -0.685. The molecule has 138 valence electrons. The molecule has 9 heteroatoms. The van der Waals surface area contributed by atoms with Gasteiger partial charge in [0.2, 0.25) is 0 Å². The molecule has 2 aromatic rings. The van der Waals surface area contributed by atoms with E-state index in [0.717, 1.165) is 18.4 Å². The van der Waals surface area contributed by atoms with E-state index in [9.17, 15) is 14.4 Å². The van der Waals surface area contributed by atoms with E-state index in [0.29, 0.717) is 18.7 Å². The number of unbranched alkanes of at least 4 members (excludes halogenated alkanes) is 1. The van der Waals surface area contributed by atoms with Crippen molar-refractivity contribution in [3.05, 3.63) is 48.0 Å². The number of nitrogens with one attached hydrogen (secondary N) is 2. The van der Waals surface area contributed by atoms with Gasteiger partial charge in [-0.05, 0) is 24.1 Å². The Morgan fingerprint density at radius 1 is 1.19 bits per heavy atom. The van der Waals surface area contributed by atoms with Crippen LogP contribution in [0.2, 0.25) is 0 Å². The van der Waals surface area contributed by atoms with Gasteiger partial charge in [-0.3, -0.25) is 10.1 Å². The van der Waals surface area contributed by atoms with Gasteiger partial charge >= 0.3 is 12.0 Å². The number of hydrogen-bond acceptors (Lipinski definition) is 6. The predicted molar refractivity (Wildman–Crippen MR) is 92.3 cm³/mol. The van der Waals surface area contributed by atoms with Gasteiger partial charge in [-0.2, -0.15) is 5.10 Å². The zero-order chi connectivity index (χ0) is 18.8. The first-order valence-electron chi connectivity index (χ1n) is 8.24. The van der Waals surface area contributed by atoms with Crippen LogP contribution < -0.4 is 10.6 Å². The summed E-state index contributed by atoms with van der Waals surface area (Å²) in [6, 6.07) is 6.13. The van der Waals surface area contributed by atoms with Crippen LogP contribution in [-0.4, -0.2) is 45.8 Å². The lowest BCUT2D eigenvalue weighted by Gasteiger charge is -2.07. The minimum Gasteiger partial charge on any atom is -0.452 e. The van der Waals surface area contributed by atoms with Crippen molar-refractivity contribution in [2.45, 2.75) is 26.3 Å². The maximum absolute atomic E-state index is 11.9. The third kappa shape index (κ3) is 6.34. The van der Waals surface area contributed by atoms with Crippen molar-refractivity contribution in [3.63, 3.8) is 0 Å². The zero-order valence-electron chi connectivity index (χ0n) is 14.5. The standard InChI is InChI=1S/C17H21N5O4/c1-2-3-8-19-17(25)21-15(23)10-26-16(24)14-6-4-13(5-7-14)9-22-12-18-11-20-22/h4-7,11-12H,2-3,8-10H2,1H3,(H2,19,21,23,25). The summed E-state index contributed by atoms with van der Waals surface area (Å²) in [5.74, 6) is -1.33. The van der Waals surface area contributed by atoms with Gasteiger partial charge < -0.3 is 10.1 Å². The molecule has 0 atom stereocenters. The molecule has 0 aliphatic heterocycles. The minimum absolute atomic E-state index is 0.313. The van der Waals surface area contributed by atoms with Crippen molar-refractivity contribution in [3.8, 4) is 0 Å². The Hall–Kier alpha value is -3.23. The predicted octanol–water partition coefficient (Wildman–Crippen LogP) is 1.11. The molecule has 0 radical (unpaired) electrons. The smallest absolute Gasteiger partial charge is 0.338 e. The fourth-order valence-corrected chi connectivity index (χ4v) is 2.05. The Morgan fingerprint density at radius 2 is 1.96 bits per heavy atom. The third-order valence-electron chi connectivity index (χ3n) is 3.40. The van der Waals surface area contributed by atoms with Crippen LogP contribution in [0, 0.1) is 0 Å². The average Bonchev–Trinajstić information content (AvgIpc) is 3.13. The van der Waals surface area contributed by atoms with Gasteiger partial charge in [0.1, 0.15) is 12.7 Å². The molecule has 9 nitrogen and oxygen atoms in total. The van der Waals surface area contributed by atoms with Crippen LogP contribution in [0.25, 0.3) is 0 Å². The van der Waals surface area contributed by atoms with Gasteiger partial charge in [0.15, 0.2) is 6.61 Å². The number of benzene rings is 1. The Bertz CT molecular complexity index is 728. The molecule has 2 N–H and O–H groups in total. The summed E-state index contributed by atoms with van der Waals surface area (Å²) in [6.45, 7) is 2.48. The first-order chi connectivity index (χ1) is 12.6. The first kappa shape index (κ1) is 19.1. The average molecular weight is 359 g/mol. The SMILES string of the molecule is CCCCNC(=O)NC(=O)COC(=O)c1ccc(Cn2cncn2)cc1. The van der Waals surface area contributed by atoms with E-state index in [1.165, 1.54) is 6.33 Å². The third-order valence-corrected chi connectivity index (χ3v) is 3.40. The fourth-order valence-electron chi connectivity index (χ4n) is 2.05. The largest absolute Gasteiger partial charge is 0.452 e. The van der Waals surface area contributed by atoms with Crippen LogP contribution in [0.1, 0.15) is 35.7 Å². The summed E-state index contributed by atoms with van der Waals surface area (Å²) in [7, 11) is 0. The number of rotatable bonds is 8. The lowest BCUT2D eigenvalue weighted by atomic mass is 10.1. The number of amides is 3. The van der Waals surface area contributed by atoms with E-state index in [4.69, 9.17) is 4.74 Å². The van der Waals surface area contributed by atoms with Crippen LogP contribution in [0.15, 0.2) is 36.9 Å². The van der Waals surface area contributed by atoms with Gasteiger partial charge in [-0.15, -0.1) is 0 Å². The van der Waals surface area contributed by atoms with Crippen molar-refractivity contribution >= 4 is 17.9 Å². The summed E-state index contributed by atoms with van der Waals surface area (Å²) in [5.41, 5.74) is 1.25. The lowest BCUT2D eigenvalue weighted by Crippen LogP contribution is -2.41. The molecule has 1 aromatic heterocycles. The zero-order valence-corrected chi connectivity index (χ0v) is 14.5. The van der Waals surface area contributed by atoms with E-state index in [2.05, 4.69) is 20.7 Å². The summed E-state index contributed by atoms with van der Waals surface area (Å²) < 4.78 is 6.56. The lowest BCUT2D eigenvalue weighted by molar-refractivity contribution is -0.123. The topological polar surface area (TPSA) is 115 Å². The Morgan fingerprint density at radius 3 is 2.62 bits per heavy atom. The molecule has 0 fully saturated rings. The second-order valence-corrected chi connectivity index (χ2v) is 5.52. The highest BCUT2D eigenvalue weighted by atomic mass is 16.5. The molecule has 2 rings (SSSR count). The molecule has 0 saturated heterocycles. The molecular weight excluding hydrogens is 338 g/mol. The van der Waals surface area contributed by atoms with E-state index in [-0.39, 0.29) is 0 Å². The molecule has 0 saturated carbocycles. The second kappa shape index (κ2) is 9.92. The summed E-state index contributed by atoms with van der Waals surface area (Å²) >= 11 is 0. The van der Waals surface area contributed by atoms with Gasteiger partial charge in [0.25, 0.3) is 5.91 Å². The monoisotopic (exact) mass is 359 g/mol. The van der Waals surface area contributed by atoms with Gasteiger partial charge in [0, 0.05) is 6.54 Å². The molecule has 0 aliphatic carbocycles. The summed E-state index contributed by atoms with van der Waals surface area (Å²) in [6.07, 6.45) is 4.80. The van der Waals surface area contributed by atoms with E-state index < -0.39 is 24.5 Å². The molecule has 0 unspecified atom stereocenters. The molecule has 0 bridgehead atoms. The first-order valence-corrected chi connectivity index (χ1v) is 8.24. The number of aromatic nitrogens is 3. The molecule has 0 spiro atoms. The molecule has 1 aromatic carbocycles. The maximum Gasteiger partial charge on any atom is 0.338 e. The van der Waals surface area contributed by atoms with Crippen LogP contribution in [0.4, 0.5) is 4.79 Å². The fraction of sp³-hybridized carbons (Fsp3) is 0.353. The number of nitrogens with zero attached hydrogens (tertiary/aromatic N) is 3. The van der Waals surface area contributed by atoms with Crippen molar-refractivity contribution in [1.29, 1.82) is 0 Å². The van der Waals surface area contributed by atoms with Crippen molar-refractivity contribution in [1.82, 2.24) is 25.4 Å². The van der Waals surface area contributed by atoms with Crippen molar-refractivity contribution in [2.24, 2.45) is 0 Å². The Labute approximate surface area is 150 Å². The van der Waals surface area contributed by atoms with Crippen molar-refractivity contribution in [2.75, 3.05) is 13.2 Å². The Balaban J connectivity index is 1.75. The number of imide groups is 1. The van der Waals surface area contributed by atoms with E-state index >= 15 is 0 Å². The molecule has 0 aliphatic rings. The molecule has 26 heavy (non-hydrogen) atoms. The summed E-state index contributed by atoms with van der Waals surface area (Å²) in [4.78, 5) is 38.8. The quantitative estimate of drug-likeness (QED) is 0.539. The van der Waals surface area contributed by atoms with E-state index in [1.807, 2.05) is 6.92 Å². The van der Waals surface area contributed by atoms with Crippen LogP contribution in [0.3, 0.4) is 0 Å². The summed E-state index contributed by atoms with van der Waals surface area (Å²) in [5, 5.41) is 8.63. The number of esters is 1. The highest BCUT2D eigenvalue weighted by Gasteiger charge is 2.12. The number of carbonyl (C=O) groups excluding carboxylic acids is 3.